The Labute approximate surface area is 45.2 Å². The summed E-state index contributed by atoms with van der Waals surface area (Å²) >= 11 is 0. The van der Waals surface area contributed by atoms with E-state index in [0.29, 0.717) is 12.5 Å². The van der Waals surface area contributed by atoms with Crippen LogP contribution < -0.4 is 0 Å². The Morgan fingerprint density at radius 1 is 1.71 bits per heavy atom. The first-order valence-corrected chi connectivity index (χ1v) is 3.08. The Bertz CT molecular complexity index is 53.7. The Morgan fingerprint density at radius 2 is 2.29 bits per heavy atom. The third-order valence-corrected chi connectivity index (χ3v) is 0.760. The first kappa shape index (κ1) is 7.06. The second kappa shape index (κ2) is 4.23. The SMILES string of the molecule is CC(C)CO[PH+]=O. The molecule has 0 bridgehead atoms. The Kier molecular flexibility index (Phi) is 4.26. The largest absolute Gasteiger partial charge is 0.494 e. The molecule has 0 amide bonds. The maximum atomic E-state index is 9.64. The molecule has 42 valence electrons. The molecule has 7 heavy (non-hydrogen) atoms. The van der Waals surface area contributed by atoms with Crippen LogP contribution in [-0.4, -0.2) is 6.61 Å². The van der Waals surface area contributed by atoms with Crippen molar-refractivity contribution in [3.63, 3.8) is 0 Å². The molecule has 0 fully saturated rings. The second-order valence-electron chi connectivity index (χ2n) is 1.79. The van der Waals surface area contributed by atoms with Gasteiger partial charge in [0.25, 0.3) is 0 Å². The zero-order valence-corrected chi connectivity index (χ0v) is 5.60. The van der Waals surface area contributed by atoms with Crippen LogP contribution in [0, 0.1) is 5.92 Å². The van der Waals surface area contributed by atoms with Crippen molar-refractivity contribution >= 4 is 8.69 Å². The van der Waals surface area contributed by atoms with Gasteiger partial charge in [0.1, 0.15) is 6.61 Å². The fourth-order valence-electron chi connectivity index (χ4n) is 0.201. The number of rotatable bonds is 3. The van der Waals surface area contributed by atoms with Crippen molar-refractivity contribution in [2.75, 3.05) is 6.61 Å². The zero-order chi connectivity index (χ0) is 5.70. The molecular weight excluding hydrogens is 111 g/mol. The van der Waals surface area contributed by atoms with Crippen molar-refractivity contribution in [3.8, 4) is 0 Å². The number of hydrogen-bond acceptors (Lipinski definition) is 2. The van der Waals surface area contributed by atoms with E-state index in [-0.39, 0.29) is 0 Å². The van der Waals surface area contributed by atoms with Crippen molar-refractivity contribution in [2.45, 2.75) is 13.8 Å². The molecule has 1 unspecified atom stereocenters. The monoisotopic (exact) mass is 121 g/mol. The molecule has 0 heterocycles. The van der Waals surface area contributed by atoms with E-state index in [0.717, 1.165) is 0 Å². The lowest BCUT2D eigenvalue weighted by molar-refractivity contribution is 0.293. The molecule has 0 saturated heterocycles. The van der Waals surface area contributed by atoms with Gasteiger partial charge >= 0.3 is 8.69 Å². The van der Waals surface area contributed by atoms with Gasteiger partial charge in [0, 0.05) is 0 Å². The van der Waals surface area contributed by atoms with Crippen LogP contribution in [0.15, 0.2) is 0 Å². The summed E-state index contributed by atoms with van der Waals surface area (Å²) in [4.78, 5) is 0. The van der Waals surface area contributed by atoms with E-state index in [9.17, 15) is 4.57 Å². The minimum absolute atomic E-state index is 0.487. The van der Waals surface area contributed by atoms with Gasteiger partial charge in [-0.15, -0.1) is 4.52 Å². The maximum absolute atomic E-state index is 9.64. The maximum Gasteiger partial charge on any atom is 0.494 e. The highest BCUT2D eigenvalue weighted by Crippen LogP contribution is 1.99. The quantitative estimate of drug-likeness (QED) is 0.530. The average Bonchev–Trinajstić information content (AvgIpc) is 1.61. The van der Waals surface area contributed by atoms with Gasteiger partial charge in [-0.05, 0) is 10.5 Å². The standard InChI is InChI=1S/C4H10O2P/c1-4(2)3-6-7-5/h4,7H,3H2,1-2H3/q+1. The molecular formula is C4H10O2P+. The summed E-state index contributed by atoms with van der Waals surface area (Å²) in [6, 6.07) is 0. The lowest BCUT2D eigenvalue weighted by Gasteiger charge is -1.91. The van der Waals surface area contributed by atoms with E-state index >= 15 is 0 Å². The van der Waals surface area contributed by atoms with Crippen LogP contribution in [-0.2, 0) is 9.09 Å². The van der Waals surface area contributed by atoms with Crippen LogP contribution in [0.25, 0.3) is 0 Å². The summed E-state index contributed by atoms with van der Waals surface area (Å²) in [5, 5.41) is 0. The van der Waals surface area contributed by atoms with Gasteiger partial charge in [-0.25, -0.2) is 0 Å². The summed E-state index contributed by atoms with van der Waals surface area (Å²) in [7, 11) is -0.599. The van der Waals surface area contributed by atoms with E-state index in [1.54, 1.807) is 0 Å². The fourth-order valence-corrected chi connectivity index (χ4v) is 0.602. The summed E-state index contributed by atoms with van der Waals surface area (Å²) in [5.74, 6) is 0.487. The summed E-state index contributed by atoms with van der Waals surface area (Å²) in [5.41, 5.74) is 0. The van der Waals surface area contributed by atoms with Gasteiger partial charge in [0.2, 0.25) is 0 Å². The van der Waals surface area contributed by atoms with Gasteiger partial charge in [-0.1, -0.05) is 13.8 Å². The van der Waals surface area contributed by atoms with Crippen molar-refractivity contribution in [3.05, 3.63) is 0 Å². The van der Waals surface area contributed by atoms with Gasteiger partial charge < -0.3 is 0 Å². The second-order valence-corrected chi connectivity index (χ2v) is 2.24. The summed E-state index contributed by atoms with van der Waals surface area (Å²) in [6.07, 6.45) is 0. The molecule has 0 aliphatic heterocycles. The predicted octanol–water partition coefficient (Wildman–Crippen LogP) is 1.60. The van der Waals surface area contributed by atoms with E-state index in [2.05, 4.69) is 4.52 Å². The smallest absolute Gasteiger partial charge is 0.148 e. The van der Waals surface area contributed by atoms with Gasteiger partial charge in [-0.2, -0.15) is 0 Å². The van der Waals surface area contributed by atoms with Crippen molar-refractivity contribution in [1.29, 1.82) is 0 Å². The molecule has 0 aromatic rings. The first-order valence-electron chi connectivity index (χ1n) is 2.26. The molecule has 0 spiro atoms. The van der Waals surface area contributed by atoms with Crippen LogP contribution in [0.1, 0.15) is 13.8 Å². The van der Waals surface area contributed by atoms with Crippen LogP contribution in [0.2, 0.25) is 0 Å². The highest BCUT2D eigenvalue weighted by Gasteiger charge is 1.95. The van der Waals surface area contributed by atoms with Crippen molar-refractivity contribution < 1.29 is 9.09 Å². The molecule has 3 heteroatoms. The Hall–Kier alpha value is 0.0600. The molecule has 2 nitrogen and oxygen atoms in total. The molecule has 0 aromatic carbocycles. The normalized spacial score (nSPS) is 10.7. The Balaban J connectivity index is 2.81. The zero-order valence-electron chi connectivity index (χ0n) is 4.60. The third kappa shape index (κ3) is 6.06. The lowest BCUT2D eigenvalue weighted by atomic mass is 10.2. The highest BCUT2D eigenvalue weighted by atomic mass is 31.1. The molecule has 0 saturated carbocycles. The van der Waals surface area contributed by atoms with E-state index < -0.39 is 8.69 Å². The minimum Gasteiger partial charge on any atom is -0.148 e. The summed E-state index contributed by atoms with van der Waals surface area (Å²) in [6.45, 7) is 4.63. The predicted molar refractivity (Wildman–Crippen MR) is 29.8 cm³/mol. The molecule has 0 aliphatic carbocycles. The van der Waals surface area contributed by atoms with Crippen LogP contribution in [0.4, 0.5) is 0 Å². The molecule has 0 rings (SSSR count). The van der Waals surface area contributed by atoms with Gasteiger partial charge in [0.15, 0.2) is 0 Å². The molecule has 0 aromatic heterocycles. The number of hydrogen-bond donors (Lipinski definition) is 0. The van der Waals surface area contributed by atoms with Crippen molar-refractivity contribution in [1.82, 2.24) is 0 Å². The molecule has 0 aliphatic rings. The topological polar surface area (TPSA) is 26.3 Å². The highest BCUT2D eigenvalue weighted by molar-refractivity contribution is 7.17. The molecule has 0 radical (unpaired) electrons. The van der Waals surface area contributed by atoms with Gasteiger partial charge in [-0.3, -0.25) is 0 Å². The summed E-state index contributed by atoms with van der Waals surface area (Å²) < 4.78 is 14.2. The first-order chi connectivity index (χ1) is 3.27. The van der Waals surface area contributed by atoms with E-state index in [1.165, 1.54) is 0 Å². The third-order valence-electron chi connectivity index (χ3n) is 0.476. The molecule has 1 atom stereocenters. The van der Waals surface area contributed by atoms with Crippen LogP contribution >= 0.6 is 8.69 Å². The molecule has 0 N–H and O–H groups in total. The lowest BCUT2D eigenvalue weighted by Crippen LogP contribution is -1.93. The Morgan fingerprint density at radius 3 is 2.43 bits per heavy atom. The van der Waals surface area contributed by atoms with E-state index in [1.807, 2.05) is 13.8 Å². The van der Waals surface area contributed by atoms with Crippen molar-refractivity contribution in [2.24, 2.45) is 5.92 Å². The van der Waals surface area contributed by atoms with E-state index in [4.69, 9.17) is 0 Å². The average molecular weight is 121 g/mol. The fraction of sp³-hybridized carbons (Fsp3) is 1.00. The minimum atomic E-state index is -0.599. The van der Waals surface area contributed by atoms with Crippen LogP contribution in [0.5, 0.6) is 0 Å². The van der Waals surface area contributed by atoms with Gasteiger partial charge in [0.05, 0.1) is 0 Å². The van der Waals surface area contributed by atoms with Crippen LogP contribution in [0.3, 0.4) is 0 Å².